The molecule has 1 saturated heterocycles. The molecule has 2 N–H and O–H groups in total. The van der Waals surface area contributed by atoms with Crippen molar-refractivity contribution >= 4 is 23.4 Å². The fraction of sp³-hybridized carbons (Fsp3) is 0.474. The first-order valence-electron chi connectivity index (χ1n) is 8.54. The van der Waals surface area contributed by atoms with Crippen LogP contribution in [0.15, 0.2) is 29.0 Å². The molecule has 1 amide bonds. The van der Waals surface area contributed by atoms with Gasteiger partial charge in [0.05, 0.1) is 18.7 Å². The van der Waals surface area contributed by atoms with E-state index in [9.17, 15) is 14.7 Å². The van der Waals surface area contributed by atoms with Crippen LogP contribution in [0.3, 0.4) is 0 Å². The highest BCUT2D eigenvalue weighted by atomic mass is 32.1. The Hall–Kier alpha value is -2.30. The molecule has 0 bridgehead atoms. The number of piperidine rings is 1. The lowest BCUT2D eigenvalue weighted by Crippen LogP contribution is -2.42. The van der Waals surface area contributed by atoms with Gasteiger partial charge in [-0.15, -0.1) is 0 Å². The Balaban J connectivity index is 1.86. The molecule has 0 saturated carbocycles. The van der Waals surface area contributed by atoms with Gasteiger partial charge in [-0.1, -0.05) is 24.0 Å². The molecule has 0 spiro atoms. The largest absolute Gasteiger partial charge is 0.505 e. The Morgan fingerprint density at radius 3 is 3.08 bits per heavy atom. The number of hydrogen-bond acceptors (Lipinski definition) is 5. The van der Waals surface area contributed by atoms with Crippen LogP contribution in [0, 0.1) is 11.8 Å². The number of ether oxygens (including phenoxy) is 1. The summed E-state index contributed by atoms with van der Waals surface area (Å²) in [5, 5.41) is 22.5. The smallest absolute Gasteiger partial charge is 0.450 e. The molecule has 1 fully saturated rings. The average molecular weight is 377 g/mol. The van der Waals surface area contributed by atoms with Crippen molar-refractivity contribution in [3.05, 3.63) is 34.5 Å². The fourth-order valence-corrected chi connectivity index (χ4v) is 3.43. The quantitative estimate of drug-likeness (QED) is 0.330. The van der Waals surface area contributed by atoms with Crippen LogP contribution in [0.4, 0.5) is 4.79 Å². The van der Waals surface area contributed by atoms with Crippen molar-refractivity contribution in [2.45, 2.75) is 44.2 Å². The lowest BCUT2D eigenvalue weighted by molar-refractivity contribution is -0.134. The molecule has 6 nitrogen and oxygen atoms in total. The zero-order valence-corrected chi connectivity index (χ0v) is 15.3. The number of carbonyl (C=O) groups excluding carboxylic acids is 1. The summed E-state index contributed by atoms with van der Waals surface area (Å²) in [7, 11) is 0. The van der Waals surface area contributed by atoms with Crippen LogP contribution in [0.25, 0.3) is 0 Å². The van der Waals surface area contributed by atoms with E-state index >= 15 is 0 Å². The monoisotopic (exact) mass is 377 g/mol. The summed E-state index contributed by atoms with van der Waals surface area (Å²) in [4.78, 5) is 24.1. The molecule has 0 aromatic carbocycles. The van der Waals surface area contributed by atoms with Crippen molar-refractivity contribution in [2.24, 2.45) is 0 Å². The van der Waals surface area contributed by atoms with Gasteiger partial charge in [0.1, 0.15) is 6.61 Å². The van der Waals surface area contributed by atoms with Crippen LogP contribution < -0.4 is 0 Å². The lowest BCUT2D eigenvalue weighted by Gasteiger charge is -2.32. The van der Waals surface area contributed by atoms with Crippen molar-refractivity contribution in [1.29, 1.82) is 0 Å². The number of thiophene rings is 1. The van der Waals surface area contributed by atoms with Gasteiger partial charge in [-0.25, -0.2) is 4.79 Å². The maximum absolute atomic E-state index is 12.2. The van der Waals surface area contributed by atoms with E-state index in [4.69, 9.17) is 5.11 Å². The molecule has 2 rings (SSSR count). The van der Waals surface area contributed by atoms with Crippen molar-refractivity contribution in [3.63, 3.8) is 0 Å². The van der Waals surface area contributed by atoms with Gasteiger partial charge in [0.15, 0.2) is 0 Å². The number of nitrogens with zero attached hydrogens (tertiary/aromatic N) is 1. The number of carbonyl (C=O) groups is 2. The minimum absolute atomic E-state index is 0.0222. The minimum atomic E-state index is -1.32. The van der Waals surface area contributed by atoms with E-state index in [0.29, 0.717) is 25.8 Å². The number of aliphatic hydroxyl groups is 1. The van der Waals surface area contributed by atoms with Gasteiger partial charge < -0.3 is 19.8 Å². The SMILES string of the molecule is O=C(O)OCCC#CCN1C(=O)CCC[C@@H]1/C=C/C(O)Cc1ccsc1. The Kier molecular flexibility index (Phi) is 8.19. The highest BCUT2D eigenvalue weighted by molar-refractivity contribution is 7.07. The van der Waals surface area contributed by atoms with Crippen molar-refractivity contribution in [3.8, 4) is 11.8 Å². The Labute approximate surface area is 157 Å². The molecule has 1 aromatic heterocycles. The number of carboxylic acid groups (broad SMARTS) is 1. The summed E-state index contributed by atoms with van der Waals surface area (Å²) >= 11 is 1.60. The molecular formula is C19H23NO5S. The molecule has 0 radical (unpaired) electrons. The maximum Gasteiger partial charge on any atom is 0.505 e. The first-order valence-corrected chi connectivity index (χ1v) is 9.49. The highest BCUT2D eigenvalue weighted by Gasteiger charge is 2.25. The molecule has 140 valence electrons. The highest BCUT2D eigenvalue weighted by Crippen LogP contribution is 2.19. The van der Waals surface area contributed by atoms with Gasteiger partial charge in [0.2, 0.25) is 5.91 Å². The zero-order valence-electron chi connectivity index (χ0n) is 14.5. The van der Waals surface area contributed by atoms with Crippen LogP contribution in [0.1, 0.15) is 31.2 Å². The second-order valence-electron chi connectivity index (χ2n) is 5.99. The van der Waals surface area contributed by atoms with Crippen LogP contribution in [-0.4, -0.2) is 52.5 Å². The summed E-state index contributed by atoms with van der Waals surface area (Å²) in [5.74, 6) is 5.77. The standard InChI is InChI=1S/C19H23NO5S/c21-17(13-15-9-12-26-14-15)8-7-16-5-4-6-18(22)20(16)10-2-1-3-11-25-19(23)24/h7-9,12,14,16-17,21H,3-6,10-11,13H2,(H,23,24)/b8-7+/t16-,17?/m1/s1. The summed E-state index contributed by atoms with van der Waals surface area (Å²) in [6.07, 6.45) is 4.78. The van der Waals surface area contributed by atoms with Gasteiger partial charge >= 0.3 is 6.16 Å². The molecule has 1 aliphatic rings. The second kappa shape index (κ2) is 10.6. The van der Waals surface area contributed by atoms with E-state index in [0.717, 1.165) is 18.4 Å². The third kappa shape index (κ3) is 6.90. The topological polar surface area (TPSA) is 87.1 Å². The van der Waals surface area contributed by atoms with E-state index < -0.39 is 12.3 Å². The molecule has 1 unspecified atom stereocenters. The van der Waals surface area contributed by atoms with E-state index in [-0.39, 0.29) is 18.6 Å². The van der Waals surface area contributed by atoms with Crippen LogP contribution in [0.2, 0.25) is 0 Å². The Morgan fingerprint density at radius 2 is 2.35 bits per heavy atom. The van der Waals surface area contributed by atoms with E-state index in [1.807, 2.05) is 22.9 Å². The van der Waals surface area contributed by atoms with Crippen LogP contribution >= 0.6 is 11.3 Å². The van der Waals surface area contributed by atoms with Crippen molar-refractivity contribution < 1.29 is 24.5 Å². The zero-order chi connectivity index (χ0) is 18.8. The number of aliphatic hydroxyl groups excluding tert-OH is 1. The molecule has 1 aromatic rings. The molecule has 26 heavy (non-hydrogen) atoms. The number of amides is 1. The summed E-state index contributed by atoms with van der Waals surface area (Å²) in [5.41, 5.74) is 1.10. The first kappa shape index (κ1) is 20.0. The van der Waals surface area contributed by atoms with E-state index in [2.05, 4.69) is 16.6 Å². The summed E-state index contributed by atoms with van der Waals surface area (Å²) < 4.78 is 4.38. The third-order valence-corrected chi connectivity index (χ3v) is 4.75. The number of rotatable bonds is 7. The number of hydrogen-bond donors (Lipinski definition) is 2. The molecule has 7 heteroatoms. The minimum Gasteiger partial charge on any atom is -0.450 e. The summed E-state index contributed by atoms with van der Waals surface area (Å²) in [6, 6.07) is 1.92. The maximum atomic E-state index is 12.2. The molecule has 1 aliphatic heterocycles. The first-order chi connectivity index (χ1) is 12.6. The second-order valence-corrected chi connectivity index (χ2v) is 6.77. The van der Waals surface area contributed by atoms with Crippen molar-refractivity contribution in [1.82, 2.24) is 4.90 Å². The van der Waals surface area contributed by atoms with E-state index in [1.54, 1.807) is 22.3 Å². The lowest BCUT2D eigenvalue weighted by atomic mass is 10.00. The molecule has 2 atom stereocenters. The Bertz CT molecular complexity index is 674. The van der Waals surface area contributed by atoms with Gasteiger partial charge in [0, 0.05) is 19.3 Å². The normalized spacial score (nSPS) is 18.4. The van der Waals surface area contributed by atoms with Gasteiger partial charge in [-0.05, 0) is 35.2 Å². The molecular weight excluding hydrogens is 354 g/mol. The predicted octanol–water partition coefficient (Wildman–Crippen LogP) is 2.68. The van der Waals surface area contributed by atoms with Gasteiger partial charge in [0.25, 0.3) is 0 Å². The van der Waals surface area contributed by atoms with E-state index in [1.165, 1.54) is 0 Å². The fourth-order valence-electron chi connectivity index (χ4n) is 2.75. The van der Waals surface area contributed by atoms with Crippen LogP contribution in [-0.2, 0) is 16.0 Å². The average Bonchev–Trinajstić information content (AvgIpc) is 3.10. The van der Waals surface area contributed by atoms with Gasteiger partial charge in [-0.2, -0.15) is 11.3 Å². The van der Waals surface area contributed by atoms with Crippen molar-refractivity contribution in [2.75, 3.05) is 13.2 Å². The Morgan fingerprint density at radius 1 is 1.50 bits per heavy atom. The number of likely N-dealkylation sites (tertiary alicyclic amines) is 1. The van der Waals surface area contributed by atoms with Crippen LogP contribution in [0.5, 0.6) is 0 Å². The summed E-state index contributed by atoms with van der Waals surface area (Å²) in [6.45, 7) is 0.315. The van der Waals surface area contributed by atoms with Gasteiger partial charge in [-0.3, -0.25) is 4.79 Å². The molecule has 2 heterocycles. The third-order valence-electron chi connectivity index (χ3n) is 4.02. The molecule has 0 aliphatic carbocycles. The predicted molar refractivity (Wildman–Crippen MR) is 98.9 cm³/mol.